The van der Waals surface area contributed by atoms with Crippen molar-refractivity contribution in [2.45, 2.75) is 13.3 Å². The highest BCUT2D eigenvalue weighted by molar-refractivity contribution is 9.10. The van der Waals surface area contributed by atoms with E-state index < -0.39 is 5.97 Å². The third-order valence-electron chi connectivity index (χ3n) is 4.91. The van der Waals surface area contributed by atoms with Crippen LogP contribution in [0, 0.1) is 0 Å². The number of rotatable bonds is 6. The molecule has 1 heterocycles. The largest absolute Gasteiger partial charge is 0.423 e. The Labute approximate surface area is 209 Å². The molecule has 1 aromatic heterocycles. The first-order valence-corrected chi connectivity index (χ1v) is 11.6. The number of hydrogen-bond donors (Lipinski definition) is 0. The lowest BCUT2D eigenvalue weighted by Gasteiger charge is -2.09. The number of nitrogens with zero attached hydrogens (tertiary/aromatic N) is 3. The standard InChI is InChI=1S/C26H19BrClN3O3/c1-2-24-30-22-6-4-3-5-21(22)26(33)31(24)29-16-18-15-19(27)10-13-23(18)34-25(32)14-9-17-7-11-20(28)12-8-17/h3-16H,2H2,1H3/b14-9+,29-16?. The summed E-state index contributed by atoms with van der Waals surface area (Å²) in [6.07, 6.45) is 4.97. The van der Waals surface area contributed by atoms with Crippen LogP contribution in [0.25, 0.3) is 17.0 Å². The molecule has 0 aliphatic heterocycles. The Morgan fingerprint density at radius 3 is 2.68 bits per heavy atom. The molecule has 0 atom stereocenters. The van der Waals surface area contributed by atoms with E-state index >= 15 is 0 Å². The lowest BCUT2D eigenvalue weighted by Crippen LogP contribution is -2.22. The summed E-state index contributed by atoms with van der Waals surface area (Å²) < 4.78 is 7.57. The number of esters is 1. The van der Waals surface area contributed by atoms with Crippen molar-refractivity contribution in [1.29, 1.82) is 0 Å². The number of halogens is 2. The van der Waals surface area contributed by atoms with Crippen molar-refractivity contribution in [3.8, 4) is 5.75 Å². The van der Waals surface area contributed by atoms with Crippen molar-refractivity contribution in [3.05, 3.63) is 110 Å². The molecule has 0 saturated heterocycles. The van der Waals surface area contributed by atoms with Gasteiger partial charge < -0.3 is 4.74 Å². The van der Waals surface area contributed by atoms with Crippen LogP contribution in [-0.2, 0) is 11.2 Å². The van der Waals surface area contributed by atoms with Crippen LogP contribution in [0.3, 0.4) is 0 Å². The fraction of sp³-hybridized carbons (Fsp3) is 0.0769. The molecule has 0 spiro atoms. The number of para-hydroxylation sites is 1. The van der Waals surface area contributed by atoms with Crippen LogP contribution in [0.4, 0.5) is 0 Å². The highest BCUT2D eigenvalue weighted by Gasteiger charge is 2.10. The van der Waals surface area contributed by atoms with Gasteiger partial charge in [-0.1, -0.05) is 58.7 Å². The first-order chi connectivity index (χ1) is 16.4. The average molecular weight is 537 g/mol. The molecular weight excluding hydrogens is 518 g/mol. The first-order valence-electron chi connectivity index (χ1n) is 10.4. The molecule has 8 heteroatoms. The van der Waals surface area contributed by atoms with Crippen LogP contribution in [0.15, 0.2) is 87.2 Å². The molecule has 170 valence electrons. The van der Waals surface area contributed by atoms with Gasteiger partial charge in [0.05, 0.1) is 17.1 Å². The SMILES string of the molecule is CCc1nc2ccccc2c(=O)n1N=Cc1cc(Br)ccc1OC(=O)/C=C/c1ccc(Cl)cc1. The van der Waals surface area contributed by atoms with Gasteiger partial charge in [0.1, 0.15) is 11.6 Å². The number of hydrogen-bond acceptors (Lipinski definition) is 5. The number of aryl methyl sites for hydroxylation is 1. The maximum atomic E-state index is 13.0. The van der Waals surface area contributed by atoms with Gasteiger partial charge in [-0.3, -0.25) is 4.79 Å². The number of carbonyl (C=O) groups is 1. The van der Waals surface area contributed by atoms with Crippen molar-refractivity contribution in [2.24, 2.45) is 5.10 Å². The number of fused-ring (bicyclic) bond motifs is 1. The number of ether oxygens (including phenoxy) is 1. The molecule has 0 saturated carbocycles. The van der Waals surface area contributed by atoms with Gasteiger partial charge >= 0.3 is 5.97 Å². The zero-order chi connectivity index (χ0) is 24.1. The molecule has 0 amide bonds. The number of aromatic nitrogens is 2. The third kappa shape index (κ3) is 5.50. The molecule has 6 nitrogen and oxygen atoms in total. The smallest absolute Gasteiger partial charge is 0.336 e. The van der Waals surface area contributed by atoms with Crippen LogP contribution in [-0.4, -0.2) is 21.8 Å². The Balaban J connectivity index is 1.63. The van der Waals surface area contributed by atoms with Gasteiger partial charge in [-0.15, -0.1) is 0 Å². The predicted octanol–water partition coefficient (Wildman–Crippen LogP) is 5.88. The first kappa shape index (κ1) is 23.6. The maximum Gasteiger partial charge on any atom is 0.336 e. The highest BCUT2D eigenvalue weighted by atomic mass is 79.9. The second-order valence-electron chi connectivity index (χ2n) is 7.25. The Morgan fingerprint density at radius 2 is 1.91 bits per heavy atom. The van der Waals surface area contributed by atoms with Gasteiger partial charge in [0.2, 0.25) is 0 Å². The minimum atomic E-state index is -0.550. The lowest BCUT2D eigenvalue weighted by atomic mass is 10.2. The molecule has 0 N–H and O–H groups in total. The van der Waals surface area contributed by atoms with Gasteiger partial charge in [0.25, 0.3) is 5.56 Å². The Morgan fingerprint density at radius 1 is 1.15 bits per heavy atom. The molecule has 0 radical (unpaired) electrons. The molecule has 0 unspecified atom stereocenters. The molecule has 4 aromatic rings. The van der Waals surface area contributed by atoms with Gasteiger partial charge in [0, 0.05) is 27.6 Å². The fourth-order valence-electron chi connectivity index (χ4n) is 3.23. The molecule has 0 fully saturated rings. The maximum absolute atomic E-state index is 13.0. The van der Waals surface area contributed by atoms with Crippen LogP contribution in [0.5, 0.6) is 5.75 Å². The van der Waals surface area contributed by atoms with Crippen molar-refractivity contribution in [2.75, 3.05) is 0 Å². The molecule has 0 aliphatic carbocycles. The van der Waals surface area contributed by atoms with Crippen LogP contribution in [0.1, 0.15) is 23.9 Å². The summed E-state index contributed by atoms with van der Waals surface area (Å²) in [6, 6.07) is 19.4. The quantitative estimate of drug-likeness (QED) is 0.134. The van der Waals surface area contributed by atoms with Crippen molar-refractivity contribution in [3.63, 3.8) is 0 Å². The summed E-state index contributed by atoms with van der Waals surface area (Å²) in [5.41, 5.74) is 1.69. The van der Waals surface area contributed by atoms with Gasteiger partial charge in [-0.05, 0) is 54.1 Å². The molecule has 4 rings (SSSR count). The van der Waals surface area contributed by atoms with Crippen LogP contribution >= 0.6 is 27.5 Å². The summed E-state index contributed by atoms with van der Waals surface area (Å²) in [7, 11) is 0. The van der Waals surface area contributed by atoms with E-state index in [1.807, 2.05) is 13.0 Å². The topological polar surface area (TPSA) is 73.6 Å². The molecule has 3 aromatic carbocycles. The second kappa shape index (κ2) is 10.6. The third-order valence-corrected chi connectivity index (χ3v) is 5.66. The second-order valence-corrected chi connectivity index (χ2v) is 8.60. The summed E-state index contributed by atoms with van der Waals surface area (Å²) in [4.78, 5) is 30.0. The summed E-state index contributed by atoms with van der Waals surface area (Å²) >= 11 is 9.31. The lowest BCUT2D eigenvalue weighted by molar-refractivity contribution is -0.128. The normalized spacial score (nSPS) is 11.5. The Hall–Kier alpha value is -3.55. The zero-order valence-electron chi connectivity index (χ0n) is 18.1. The average Bonchev–Trinajstić information content (AvgIpc) is 2.84. The molecule has 34 heavy (non-hydrogen) atoms. The Bertz CT molecular complexity index is 1480. The minimum absolute atomic E-state index is 0.266. The van der Waals surface area contributed by atoms with Crippen LogP contribution in [0.2, 0.25) is 5.02 Å². The monoisotopic (exact) mass is 535 g/mol. The summed E-state index contributed by atoms with van der Waals surface area (Å²) in [6.45, 7) is 1.90. The summed E-state index contributed by atoms with van der Waals surface area (Å²) in [5, 5.41) is 5.47. The van der Waals surface area contributed by atoms with Crippen molar-refractivity contribution < 1.29 is 9.53 Å². The van der Waals surface area contributed by atoms with Gasteiger partial charge in [-0.2, -0.15) is 9.78 Å². The van der Waals surface area contributed by atoms with E-state index in [1.165, 1.54) is 17.0 Å². The summed E-state index contributed by atoms with van der Waals surface area (Å²) in [5.74, 6) is 0.280. The molecule has 0 aliphatic rings. The van der Waals surface area contributed by atoms with Crippen molar-refractivity contribution in [1.82, 2.24) is 9.66 Å². The molecule has 0 bridgehead atoms. The van der Waals surface area contributed by atoms with Crippen LogP contribution < -0.4 is 10.3 Å². The highest BCUT2D eigenvalue weighted by Crippen LogP contribution is 2.22. The van der Waals surface area contributed by atoms with E-state index in [2.05, 4.69) is 26.0 Å². The Kier molecular flexibility index (Phi) is 7.35. The van der Waals surface area contributed by atoms with Gasteiger partial charge in [0.15, 0.2) is 0 Å². The minimum Gasteiger partial charge on any atom is -0.423 e. The number of carbonyl (C=O) groups excluding carboxylic acids is 1. The molecular formula is C26H19BrClN3O3. The fourth-order valence-corrected chi connectivity index (χ4v) is 3.74. The predicted molar refractivity (Wildman–Crippen MR) is 139 cm³/mol. The van der Waals surface area contributed by atoms with Gasteiger partial charge in [-0.25, -0.2) is 9.78 Å². The van der Waals surface area contributed by atoms with E-state index in [9.17, 15) is 9.59 Å². The van der Waals surface area contributed by atoms with E-state index in [4.69, 9.17) is 16.3 Å². The zero-order valence-corrected chi connectivity index (χ0v) is 20.5. The van der Waals surface area contributed by atoms with Crippen molar-refractivity contribution >= 4 is 56.7 Å². The number of benzene rings is 3. The van der Waals surface area contributed by atoms with E-state index in [0.29, 0.717) is 39.5 Å². The van der Waals surface area contributed by atoms with E-state index in [-0.39, 0.29) is 5.56 Å². The van der Waals surface area contributed by atoms with E-state index in [0.717, 1.165) is 10.0 Å². The van der Waals surface area contributed by atoms with E-state index in [1.54, 1.807) is 66.7 Å².